The largest absolute Gasteiger partial charge is 0.350 e. The molecule has 2 amide bonds. The number of anilines is 1. The van der Waals surface area contributed by atoms with Crippen LogP contribution in [0.3, 0.4) is 0 Å². The zero-order chi connectivity index (χ0) is 16.2. The quantitative estimate of drug-likeness (QED) is 0.937. The van der Waals surface area contributed by atoms with Crippen LogP contribution in [0.2, 0.25) is 5.02 Å². The summed E-state index contributed by atoms with van der Waals surface area (Å²) in [4.78, 5) is 30.2. The van der Waals surface area contributed by atoms with Gasteiger partial charge in [0, 0.05) is 29.9 Å². The third-order valence-electron chi connectivity index (χ3n) is 3.79. The maximum absolute atomic E-state index is 12.3. The summed E-state index contributed by atoms with van der Waals surface area (Å²) in [6, 6.07) is 12.6. The van der Waals surface area contributed by atoms with Crippen LogP contribution in [0, 0.1) is 5.92 Å². The number of nitrogens with one attached hydrogen (secondary N) is 1. The van der Waals surface area contributed by atoms with E-state index in [1.54, 1.807) is 29.3 Å². The monoisotopic (exact) mass is 329 g/mol. The topological polar surface area (TPSA) is 62.3 Å². The van der Waals surface area contributed by atoms with Crippen LogP contribution in [-0.2, 0) is 16.1 Å². The second-order valence-corrected chi connectivity index (χ2v) is 5.86. The number of nitrogens with zero attached hydrogens (tertiary/aromatic N) is 2. The smallest absolute Gasteiger partial charge is 0.227 e. The van der Waals surface area contributed by atoms with Gasteiger partial charge in [-0.15, -0.1) is 0 Å². The average molecular weight is 330 g/mol. The Bertz CT molecular complexity index is 721. The molecule has 1 N–H and O–H groups in total. The summed E-state index contributed by atoms with van der Waals surface area (Å²) in [5, 5.41) is 3.41. The van der Waals surface area contributed by atoms with Crippen LogP contribution < -0.4 is 10.2 Å². The molecule has 0 saturated carbocycles. The first-order valence-corrected chi connectivity index (χ1v) is 7.75. The zero-order valence-electron chi connectivity index (χ0n) is 12.4. The Hall–Kier alpha value is -2.40. The van der Waals surface area contributed by atoms with E-state index in [9.17, 15) is 9.59 Å². The maximum Gasteiger partial charge on any atom is 0.227 e. The molecule has 1 aliphatic heterocycles. The molecule has 6 heteroatoms. The fourth-order valence-corrected chi connectivity index (χ4v) is 2.79. The SMILES string of the molecule is O=C(NCc1ccccn1)[C@H]1CC(=O)N(c2cccc(Cl)c2)C1. The Morgan fingerprint density at radius 1 is 1.30 bits per heavy atom. The highest BCUT2D eigenvalue weighted by Gasteiger charge is 2.35. The van der Waals surface area contributed by atoms with Crippen LogP contribution >= 0.6 is 11.6 Å². The van der Waals surface area contributed by atoms with Crippen molar-refractivity contribution < 1.29 is 9.59 Å². The molecule has 0 spiro atoms. The number of rotatable bonds is 4. The van der Waals surface area contributed by atoms with Gasteiger partial charge in [-0.2, -0.15) is 0 Å². The molecular weight excluding hydrogens is 314 g/mol. The number of halogens is 1. The number of hydrogen-bond acceptors (Lipinski definition) is 3. The summed E-state index contributed by atoms with van der Waals surface area (Å²) in [6.07, 6.45) is 1.89. The molecule has 2 aromatic rings. The summed E-state index contributed by atoms with van der Waals surface area (Å²) in [7, 11) is 0. The van der Waals surface area contributed by atoms with Crippen molar-refractivity contribution in [2.75, 3.05) is 11.4 Å². The van der Waals surface area contributed by atoms with Gasteiger partial charge < -0.3 is 10.2 Å². The Balaban J connectivity index is 1.62. The van der Waals surface area contributed by atoms with E-state index in [-0.39, 0.29) is 24.2 Å². The minimum atomic E-state index is -0.356. The van der Waals surface area contributed by atoms with Gasteiger partial charge in [0.25, 0.3) is 0 Å². The second kappa shape index (κ2) is 6.79. The van der Waals surface area contributed by atoms with E-state index in [1.807, 2.05) is 24.3 Å². The first kappa shape index (κ1) is 15.5. The van der Waals surface area contributed by atoms with Crippen molar-refractivity contribution in [1.29, 1.82) is 0 Å². The van der Waals surface area contributed by atoms with Crippen molar-refractivity contribution in [1.82, 2.24) is 10.3 Å². The second-order valence-electron chi connectivity index (χ2n) is 5.42. The highest BCUT2D eigenvalue weighted by molar-refractivity contribution is 6.30. The zero-order valence-corrected chi connectivity index (χ0v) is 13.2. The van der Waals surface area contributed by atoms with Crippen LogP contribution in [0.4, 0.5) is 5.69 Å². The lowest BCUT2D eigenvalue weighted by Crippen LogP contribution is -2.32. The summed E-state index contributed by atoms with van der Waals surface area (Å²) in [5.74, 6) is -0.552. The molecule has 0 unspecified atom stereocenters. The summed E-state index contributed by atoms with van der Waals surface area (Å²) < 4.78 is 0. The van der Waals surface area contributed by atoms with Crippen LogP contribution in [-0.4, -0.2) is 23.3 Å². The van der Waals surface area contributed by atoms with Crippen molar-refractivity contribution in [3.05, 3.63) is 59.4 Å². The van der Waals surface area contributed by atoms with Crippen molar-refractivity contribution in [3.63, 3.8) is 0 Å². The van der Waals surface area contributed by atoms with Gasteiger partial charge in [0.2, 0.25) is 11.8 Å². The first-order chi connectivity index (χ1) is 11.1. The molecule has 1 aromatic heterocycles. The maximum atomic E-state index is 12.3. The average Bonchev–Trinajstić information content (AvgIpc) is 2.95. The molecule has 118 valence electrons. The molecule has 23 heavy (non-hydrogen) atoms. The third-order valence-corrected chi connectivity index (χ3v) is 4.02. The Morgan fingerprint density at radius 2 is 2.17 bits per heavy atom. The number of aromatic nitrogens is 1. The van der Waals surface area contributed by atoms with E-state index >= 15 is 0 Å². The highest BCUT2D eigenvalue weighted by Crippen LogP contribution is 2.27. The number of carbonyl (C=O) groups is 2. The molecule has 1 aliphatic rings. The van der Waals surface area contributed by atoms with E-state index in [4.69, 9.17) is 11.6 Å². The minimum Gasteiger partial charge on any atom is -0.350 e. The predicted molar refractivity (Wildman–Crippen MR) is 88.0 cm³/mol. The minimum absolute atomic E-state index is 0.0646. The Labute approximate surface area is 139 Å². The lowest BCUT2D eigenvalue weighted by atomic mass is 10.1. The van der Waals surface area contributed by atoms with Crippen LogP contribution in [0.5, 0.6) is 0 Å². The molecule has 0 radical (unpaired) electrons. The lowest BCUT2D eigenvalue weighted by Gasteiger charge is -2.17. The lowest BCUT2D eigenvalue weighted by molar-refractivity contribution is -0.126. The number of amides is 2. The van der Waals surface area contributed by atoms with Crippen molar-refractivity contribution >= 4 is 29.1 Å². The molecule has 1 aromatic carbocycles. The standard InChI is InChI=1S/C17H16ClN3O2/c18-13-4-3-6-15(9-13)21-11-12(8-16(21)22)17(23)20-10-14-5-1-2-7-19-14/h1-7,9,12H,8,10-11H2,(H,20,23)/t12-/m0/s1. The number of carbonyl (C=O) groups excluding carboxylic acids is 2. The Morgan fingerprint density at radius 3 is 2.91 bits per heavy atom. The van der Waals surface area contributed by atoms with Crippen LogP contribution in [0.25, 0.3) is 0 Å². The van der Waals surface area contributed by atoms with E-state index in [2.05, 4.69) is 10.3 Å². The number of benzene rings is 1. The normalized spacial score (nSPS) is 17.3. The van der Waals surface area contributed by atoms with Crippen molar-refractivity contribution in [2.24, 2.45) is 5.92 Å². The van der Waals surface area contributed by atoms with Crippen molar-refractivity contribution in [3.8, 4) is 0 Å². The summed E-state index contributed by atoms with van der Waals surface area (Å²) in [5.41, 5.74) is 1.51. The summed E-state index contributed by atoms with van der Waals surface area (Å²) in [6.45, 7) is 0.731. The fraction of sp³-hybridized carbons (Fsp3) is 0.235. The van der Waals surface area contributed by atoms with Gasteiger partial charge in [0.1, 0.15) is 0 Å². The molecule has 1 atom stereocenters. The number of pyridine rings is 1. The molecular formula is C17H16ClN3O2. The van der Waals surface area contributed by atoms with E-state index in [0.29, 0.717) is 18.1 Å². The van der Waals surface area contributed by atoms with Gasteiger partial charge in [-0.05, 0) is 30.3 Å². The predicted octanol–water partition coefficient (Wildman–Crippen LogP) is 2.40. The fourth-order valence-electron chi connectivity index (χ4n) is 2.60. The van der Waals surface area contributed by atoms with E-state index in [1.165, 1.54) is 0 Å². The van der Waals surface area contributed by atoms with Gasteiger partial charge in [0.05, 0.1) is 18.2 Å². The van der Waals surface area contributed by atoms with Crippen LogP contribution in [0.15, 0.2) is 48.7 Å². The van der Waals surface area contributed by atoms with Gasteiger partial charge in [0.15, 0.2) is 0 Å². The molecule has 0 aliphatic carbocycles. The molecule has 1 fully saturated rings. The molecule has 5 nitrogen and oxygen atoms in total. The molecule has 2 heterocycles. The third kappa shape index (κ3) is 3.68. The van der Waals surface area contributed by atoms with Gasteiger partial charge in [-0.1, -0.05) is 23.7 Å². The molecule has 3 rings (SSSR count). The van der Waals surface area contributed by atoms with E-state index in [0.717, 1.165) is 11.4 Å². The Kier molecular flexibility index (Phi) is 4.57. The molecule has 1 saturated heterocycles. The van der Waals surface area contributed by atoms with Gasteiger partial charge in [-0.3, -0.25) is 14.6 Å². The van der Waals surface area contributed by atoms with Gasteiger partial charge in [-0.25, -0.2) is 0 Å². The van der Waals surface area contributed by atoms with Crippen LogP contribution in [0.1, 0.15) is 12.1 Å². The molecule has 0 bridgehead atoms. The summed E-state index contributed by atoms with van der Waals surface area (Å²) >= 11 is 5.96. The first-order valence-electron chi connectivity index (χ1n) is 7.37. The van der Waals surface area contributed by atoms with Gasteiger partial charge >= 0.3 is 0 Å². The number of hydrogen-bond donors (Lipinski definition) is 1. The van der Waals surface area contributed by atoms with Crippen molar-refractivity contribution in [2.45, 2.75) is 13.0 Å². The van der Waals surface area contributed by atoms with E-state index < -0.39 is 0 Å². The highest BCUT2D eigenvalue weighted by atomic mass is 35.5.